The van der Waals surface area contributed by atoms with Gasteiger partial charge in [0.05, 0.1) is 6.26 Å². The van der Waals surface area contributed by atoms with Gasteiger partial charge in [0.1, 0.15) is 0 Å². The summed E-state index contributed by atoms with van der Waals surface area (Å²) in [5, 5.41) is 0. The van der Waals surface area contributed by atoms with E-state index in [1.54, 1.807) is 4.90 Å². The van der Waals surface area contributed by atoms with E-state index in [0.717, 1.165) is 12.8 Å². The van der Waals surface area contributed by atoms with Crippen molar-refractivity contribution >= 4 is 15.9 Å². The number of aryl methyl sites for hydroxylation is 2. The van der Waals surface area contributed by atoms with Crippen LogP contribution in [-0.4, -0.2) is 56.0 Å². The van der Waals surface area contributed by atoms with Crippen molar-refractivity contribution in [3.8, 4) is 0 Å². The van der Waals surface area contributed by atoms with Gasteiger partial charge in [-0.05, 0) is 30.4 Å². The predicted molar refractivity (Wildman–Crippen MR) is 91.8 cm³/mol. The van der Waals surface area contributed by atoms with Crippen molar-refractivity contribution in [2.45, 2.75) is 32.6 Å². The molecule has 1 amide bonds. The summed E-state index contributed by atoms with van der Waals surface area (Å²) in [5.41, 5.74) is 2.47. The van der Waals surface area contributed by atoms with Gasteiger partial charge in [-0.1, -0.05) is 31.2 Å². The minimum absolute atomic E-state index is 0.111. The molecule has 0 radical (unpaired) electrons. The zero-order valence-electron chi connectivity index (χ0n) is 14.0. The van der Waals surface area contributed by atoms with Gasteiger partial charge in [-0.25, -0.2) is 12.7 Å². The van der Waals surface area contributed by atoms with Crippen LogP contribution in [0.1, 0.15) is 30.9 Å². The number of hydrogen-bond donors (Lipinski definition) is 0. The zero-order chi connectivity index (χ0) is 16.9. The molecule has 1 aliphatic heterocycles. The highest BCUT2D eigenvalue weighted by atomic mass is 32.2. The Bertz CT molecular complexity index is 626. The van der Waals surface area contributed by atoms with Gasteiger partial charge < -0.3 is 4.90 Å². The van der Waals surface area contributed by atoms with E-state index in [2.05, 4.69) is 31.2 Å². The maximum absolute atomic E-state index is 12.4. The first kappa shape index (κ1) is 17.9. The number of nitrogens with zero attached hydrogens (tertiary/aromatic N) is 2. The van der Waals surface area contributed by atoms with Crippen molar-refractivity contribution < 1.29 is 13.2 Å². The summed E-state index contributed by atoms with van der Waals surface area (Å²) < 4.78 is 24.7. The van der Waals surface area contributed by atoms with Crippen LogP contribution < -0.4 is 0 Å². The molecule has 23 heavy (non-hydrogen) atoms. The highest BCUT2D eigenvalue weighted by Gasteiger charge is 2.23. The Morgan fingerprint density at radius 3 is 2.30 bits per heavy atom. The van der Waals surface area contributed by atoms with Crippen LogP contribution in [0.4, 0.5) is 0 Å². The van der Waals surface area contributed by atoms with E-state index < -0.39 is 10.0 Å². The van der Waals surface area contributed by atoms with Gasteiger partial charge in [-0.15, -0.1) is 0 Å². The van der Waals surface area contributed by atoms with E-state index in [1.165, 1.54) is 21.7 Å². The summed E-state index contributed by atoms with van der Waals surface area (Å²) >= 11 is 0. The third kappa shape index (κ3) is 5.32. The van der Waals surface area contributed by atoms with E-state index in [0.29, 0.717) is 39.0 Å². The monoisotopic (exact) mass is 338 g/mol. The molecule has 6 heteroatoms. The fourth-order valence-electron chi connectivity index (χ4n) is 2.83. The average Bonchev–Trinajstić information content (AvgIpc) is 2.79. The number of hydrogen-bond acceptors (Lipinski definition) is 3. The van der Waals surface area contributed by atoms with Crippen molar-refractivity contribution in [1.29, 1.82) is 0 Å². The Balaban J connectivity index is 1.85. The van der Waals surface area contributed by atoms with Crippen LogP contribution in [0.3, 0.4) is 0 Å². The fourth-order valence-corrected chi connectivity index (χ4v) is 3.70. The second-order valence-electron chi connectivity index (χ2n) is 6.07. The molecule has 1 fully saturated rings. The van der Waals surface area contributed by atoms with Crippen molar-refractivity contribution in [2.75, 3.05) is 32.4 Å². The second kappa shape index (κ2) is 7.93. The lowest BCUT2D eigenvalue weighted by Crippen LogP contribution is -2.37. The Labute approximate surface area is 139 Å². The summed E-state index contributed by atoms with van der Waals surface area (Å²) in [6.45, 7) is 4.15. The molecule has 128 valence electrons. The van der Waals surface area contributed by atoms with Gasteiger partial charge in [0.2, 0.25) is 15.9 Å². The van der Waals surface area contributed by atoms with Crippen LogP contribution in [-0.2, 0) is 27.7 Å². The summed E-state index contributed by atoms with van der Waals surface area (Å²) in [5.74, 6) is 0.111. The Morgan fingerprint density at radius 2 is 1.70 bits per heavy atom. The van der Waals surface area contributed by atoms with Gasteiger partial charge in [-0.3, -0.25) is 4.79 Å². The molecule has 1 aromatic rings. The van der Waals surface area contributed by atoms with Gasteiger partial charge in [0.15, 0.2) is 0 Å². The molecular weight excluding hydrogens is 312 g/mol. The first-order valence-corrected chi connectivity index (χ1v) is 10.1. The molecule has 0 spiro atoms. The van der Waals surface area contributed by atoms with E-state index in [9.17, 15) is 13.2 Å². The Kier molecular flexibility index (Phi) is 6.18. The van der Waals surface area contributed by atoms with Crippen molar-refractivity contribution in [1.82, 2.24) is 9.21 Å². The molecule has 0 aliphatic carbocycles. The van der Waals surface area contributed by atoms with Crippen LogP contribution in [0.5, 0.6) is 0 Å². The zero-order valence-corrected chi connectivity index (χ0v) is 14.8. The van der Waals surface area contributed by atoms with Crippen LogP contribution in [0, 0.1) is 0 Å². The molecular formula is C17H26N2O3S. The highest BCUT2D eigenvalue weighted by molar-refractivity contribution is 7.88. The van der Waals surface area contributed by atoms with Crippen molar-refractivity contribution in [3.05, 3.63) is 35.4 Å². The average molecular weight is 338 g/mol. The first-order chi connectivity index (χ1) is 10.9. The standard InChI is InChI=1S/C17H26N2O3S/c1-3-15-5-7-16(8-6-15)9-10-17(20)18-11-4-12-19(14-13-18)23(2,21)22/h5-8H,3-4,9-14H2,1-2H3. The molecule has 0 atom stereocenters. The van der Waals surface area contributed by atoms with Gasteiger partial charge in [-0.2, -0.15) is 0 Å². The topological polar surface area (TPSA) is 57.7 Å². The lowest BCUT2D eigenvalue weighted by Gasteiger charge is -2.21. The Hall–Kier alpha value is -1.40. The molecule has 1 heterocycles. The molecule has 2 rings (SSSR count). The number of carbonyl (C=O) groups is 1. The molecule has 0 unspecified atom stereocenters. The summed E-state index contributed by atoms with van der Waals surface area (Å²) in [4.78, 5) is 14.2. The molecule has 0 aromatic heterocycles. The molecule has 5 nitrogen and oxygen atoms in total. The molecule has 0 bridgehead atoms. The molecule has 1 aliphatic rings. The smallest absolute Gasteiger partial charge is 0.222 e. The lowest BCUT2D eigenvalue weighted by molar-refractivity contribution is -0.131. The van der Waals surface area contributed by atoms with E-state index in [1.807, 2.05) is 0 Å². The molecule has 1 aromatic carbocycles. The summed E-state index contributed by atoms with van der Waals surface area (Å²) in [7, 11) is -3.16. The minimum atomic E-state index is -3.16. The van der Waals surface area contributed by atoms with Crippen LogP contribution in [0.25, 0.3) is 0 Å². The maximum atomic E-state index is 12.4. The first-order valence-electron chi connectivity index (χ1n) is 8.21. The predicted octanol–water partition coefficient (Wildman–Crippen LogP) is 1.68. The van der Waals surface area contributed by atoms with Gasteiger partial charge >= 0.3 is 0 Å². The SMILES string of the molecule is CCc1ccc(CCC(=O)N2CCCN(S(C)(=O)=O)CC2)cc1. The normalized spacial score (nSPS) is 17.0. The van der Waals surface area contributed by atoms with E-state index in [-0.39, 0.29) is 5.91 Å². The number of amides is 1. The van der Waals surface area contributed by atoms with E-state index >= 15 is 0 Å². The summed E-state index contributed by atoms with van der Waals surface area (Å²) in [6.07, 6.45) is 4.15. The molecule has 0 saturated carbocycles. The second-order valence-corrected chi connectivity index (χ2v) is 8.05. The van der Waals surface area contributed by atoms with Gasteiger partial charge in [0.25, 0.3) is 0 Å². The third-order valence-corrected chi connectivity index (χ3v) is 5.64. The Morgan fingerprint density at radius 1 is 1.04 bits per heavy atom. The maximum Gasteiger partial charge on any atom is 0.222 e. The lowest BCUT2D eigenvalue weighted by atomic mass is 10.1. The van der Waals surface area contributed by atoms with Gasteiger partial charge in [0, 0.05) is 32.6 Å². The number of sulfonamides is 1. The summed E-state index contributed by atoms with van der Waals surface area (Å²) in [6, 6.07) is 8.38. The minimum Gasteiger partial charge on any atom is -0.341 e. The molecule has 0 N–H and O–H groups in total. The van der Waals surface area contributed by atoms with Crippen LogP contribution >= 0.6 is 0 Å². The number of rotatable bonds is 5. The quantitative estimate of drug-likeness (QED) is 0.821. The van der Waals surface area contributed by atoms with Crippen molar-refractivity contribution in [3.63, 3.8) is 0 Å². The molecule has 1 saturated heterocycles. The van der Waals surface area contributed by atoms with Crippen molar-refractivity contribution in [2.24, 2.45) is 0 Å². The number of benzene rings is 1. The fraction of sp³-hybridized carbons (Fsp3) is 0.588. The highest BCUT2D eigenvalue weighted by Crippen LogP contribution is 2.11. The van der Waals surface area contributed by atoms with E-state index in [4.69, 9.17) is 0 Å². The largest absolute Gasteiger partial charge is 0.341 e. The third-order valence-electron chi connectivity index (χ3n) is 4.34. The van der Waals surface area contributed by atoms with Crippen LogP contribution in [0.15, 0.2) is 24.3 Å². The van der Waals surface area contributed by atoms with Crippen LogP contribution in [0.2, 0.25) is 0 Å². The number of carbonyl (C=O) groups excluding carboxylic acids is 1.